The first-order valence-electron chi connectivity index (χ1n) is 4.40. The molecule has 2 N–H and O–H groups in total. The Morgan fingerprint density at radius 2 is 2.00 bits per heavy atom. The van der Waals surface area contributed by atoms with E-state index in [1.165, 1.54) is 0 Å². The number of aryl methyl sites for hydroxylation is 1. The lowest BCUT2D eigenvalue weighted by atomic mass is 10.0. The molecular formula is C11H11N3. The van der Waals surface area contributed by atoms with Crippen LogP contribution in [0, 0.1) is 6.92 Å². The third-order valence-corrected chi connectivity index (χ3v) is 2.17. The lowest BCUT2D eigenvalue weighted by Gasteiger charge is -2.06. The second kappa shape index (κ2) is 3.46. The van der Waals surface area contributed by atoms with Crippen molar-refractivity contribution in [2.24, 2.45) is 0 Å². The van der Waals surface area contributed by atoms with Crippen LogP contribution in [0.3, 0.4) is 0 Å². The summed E-state index contributed by atoms with van der Waals surface area (Å²) in [5.41, 5.74) is 8.92. The van der Waals surface area contributed by atoms with E-state index in [1.807, 2.05) is 31.3 Å². The molecule has 0 saturated carbocycles. The zero-order valence-corrected chi connectivity index (χ0v) is 7.94. The van der Waals surface area contributed by atoms with E-state index in [1.54, 1.807) is 12.4 Å². The van der Waals surface area contributed by atoms with Crippen LogP contribution in [-0.2, 0) is 0 Å². The van der Waals surface area contributed by atoms with Gasteiger partial charge in [-0.25, -0.2) is 4.98 Å². The van der Waals surface area contributed by atoms with Crippen LogP contribution in [0.2, 0.25) is 0 Å². The normalized spacial score (nSPS) is 10.1. The Morgan fingerprint density at radius 3 is 2.71 bits per heavy atom. The summed E-state index contributed by atoms with van der Waals surface area (Å²) in [7, 11) is 0. The first-order chi connectivity index (χ1) is 6.79. The first kappa shape index (κ1) is 8.69. The summed E-state index contributed by atoms with van der Waals surface area (Å²) in [6, 6.07) is 5.78. The second-order valence-corrected chi connectivity index (χ2v) is 3.13. The Bertz CT molecular complexity index is 408. The summed E-state index contributed by atoms with van der Waals surface area (Å²) in [4.78, 5) is 8.13. The molecule has 0 radical (unpaired) electrons. The van der Waals surface area contributed by atoms with Gasteiger partial charge in [0.05, 0.1) is 0 Å². The van der Waals surface area contributed by atoms with Gasteiger partial charge in [-0.2, -0.15) is 0 Å². The minimum absolute atomic E-state index is 0.545. The van der Waals surface area contributed by atoms with E-state index in [4.69, 9.17) is 5.73 Å². The maximum atomic E-state index is 5.78. The number of rotatable bonds is 1. The molecule has 2 heterocycles. The van der Waals surface area contributed by atoms with Crippen LogP contribution in [-0.4, -0.2) is 9.97 Å². The summed E-state index contributed by atoms with van der Waals surface area (Å²) >= 11 is 0. The molecule has 14 heavy (non-hydrogen) atoms. The summed E-state index contributed by atoms with van der Waals surface area (Å²) in [6.07, 6.45) is 5.26. The molecule has 0 unspecified atom stereocenters. The summed E-state index contributed by atoms with van der Waals surface area (Å²) in [5.74, 6) is 0.545. The van der Waals surface area contributed by atoms with Gasteiger partial charge in [-0.15, -0.1) is 0 Å². The topological polar surface area (TPSA) is 51.8 Å². The lowest BCUT2D eigenvalue weighted by Crippen LogP contribution is -1.94. The zero-order valence-electron chi connectivity index (χ0n) is 7.94. The van der Waals surface area contributed by atoms with E-state index in [0.717, 1.165) is 16.7 Å². The molecule has 0 spiro atoms. The Morgan fingerprint density at radius 1 is 1.14 bits per heavy atom. The molecule has 2 rings (SSSR count). The van der Waals surface area contributed by atoms with Gasteiger partial charge in [-0.1, -0.05) is 0 Å². The van der Waals surface area contributed by atoms with Crippen molar-refractivity contribution < 1.29 is 0 Å². The molecule has 0 aromatic carbocycles. The third-order valence-electron chi connectivity index (χ3n) is 2.17. The fraction of sp³-hybridized carbons (Fsp3) is 0.0909. The summed E-state index contributed by atoms with van der Waals surface area (Å²) in [5, 5.41) is 0. The van der Waals surface area contributed by atoms with Crippen LogP contribution >= 0.6 is 0 Å². The Labute approximate surface area is 82.6 Å². The molecule has 0 amide bonds. The number of hydrogen-bond acceptors (Lipinski definition) is 3. The molecule has 0 fully saturated rings. The number of aromatic nitrogens is 2. The highest BCUT2D eigenvalue weighted by molar-refractivity contribution is 5.75. The Balaban J connectivity index is 2.61. The number of nitrogens with two attached hydrogens (primary N) is 1. The van der Waals surface area contributed by atoms with E-state index < -0.39 is 0 Å². The maximum Gasteiger partial charge on any atom is 0.131 e. The number of nitrogen functional groups attached to an aromatic ring is 1. The van der Waals surface area contributed by atoms with Gasteiger partial charge in [0, 0.05) is 29.7 Å². The van der Waals surface area contributed by atoms with Gasteiger partial charge >= 0.3 is 0 Å². The van der Waals surface area contributed by atoms with Gasteiger partial charge in [0.2, 0.25) is 0 Å². The van der Waals surface area contributed by atoms with Gasteiger partial charge in [0.25, 0.3) is 0 Å². The predicted octanol–water partition coefficient (Wildman–Crippen LogP) is 2.03. The number of hydrogen-bond donors (Lipinski definition) is 1. The van der Waals surface area contributed by atoms with Crippen LogP contribution in [0.5, 0.6) is 0 Å². The molecule has 0 aliphatic carbocycles. The molecule has 0 aliphatic rings. The van der Waals surface area contributed by atoms with Crippen molar-refractivity contribution in [3.8, 4) is 11.1 Å². The van der Waals surface area contributed by atoms with Crippen LogP contribution in [0.25, 0.3) is 11.1 Å². The molecule has 2 aromatic rings. The monoisotopic (exact) mass is 185 g/mol. The lowest BCUT2D eigenvalue weighted by molar-refractivity contribution is 1.27. The molecule has 2 aromatic heterocycles. The molecule has 0 aliphatic heterocycles. The first-order valence-corrected chi connectivity index (χ1v) is 4.40. The SMILES string of the molecule is Cc1ccncc1-c1cccnc1N. The Hall–Kier alpha value is -1.90. The van der Waals surface area contributed by atoms with Gasteiger partial charge in [0.15, 0.2) is 0 Å². The van der Waals surface area contributed by atoms with Crippen molar-refractivity contribution >= 4 is 5.82 Å². The average Bonchev–Trinajstić information content (AvgIpc) is 2.20. The molecule has 0 bridgehead atoms. The fourth-order valence-corrected chi connectivity index (χ4v) is 1.39. The van der Waals surface area contributed by atoms with Crippen LogP contribution < -0.4 is 5.73 Å². The van der Waals surface area contributed by atoms with Crippen LogP contribution in [0.15, 0.2) is 36.8 Å². The largest absolute Gasteiger partial charge is 0.383 e. The van der Waals surface area contributed by atoms with Crippen molar-refractivity contribution in [2.75, 3.05) is 5.73 Å². The van der Waals surface area contributed by atoms with E-state index in [-0.39, 0.29) is 0 Å². The predicted molar refractivity (Wildman–Crippen MR) is 56.6 cm³/mol. The van der Waals surface area contributed by atoms with Gasteiger partial charge in [0.1, 0.15) is 5.82 Å². The van der Waals surface area contributed by atoms with Crippen molar-refractivity contribution in [3.63, 3.8) is 0 Å². The quantitative estimate of drug-likeness (QED) is 0.739. The summed E-state index contributed by atoms with van der Waals surface area (Å²) < 4.78 is 0. The molecule has 3 nitrogen and oxygen atoms in total. The minimum Gasteiger partial charge on any atom is -0.383 e. The van der Waals surface area contributed by atoms with E-state index in [2.05, 4.69) is 9.97 Å². The highest BCUT2D eigenvalue weighted by Gasteiger charge is 2.04. The number of anilines is 1. The molecule has 3 heteroatoms. The molecular weight excluding hydrogens is 174 g/mol. The third kappa shape index (κ3) is 1.44. The van der Waals surface area contributed by atoms with Gasteiger partial charge in [-0.3, -0.25) is 4.98 Å². The smallest absolute Gasteiger partial charge is 0.131 e. The van der Waals surface area contributed by atoms with Crippen LogP contribution in [0.1, 0.15) is 5.56 Å². The van der Waals surface area contributed by atoms with Gasteiger partial charge < -0.3 is 5.73 Å². The van der Waals surface area contributed by atoms with Gasteiger partial charge in [-0.05, 0) is 30.7 Å². The standard InChI is InChI=1S/C11H11N3/c1-8-4-6-13-7-10(8)9-3-2-5-14-11(9)12/h2-7H,1H3,(H2,12,14). The average molecular weight is 185 g/mol. The highest BCUT2D eigenvalue weighted by Crippen LogP contribution is 2.25. The fourth-order valence-electron chi connectivity index (χ4n) is 1.39. The van der Waals surface area contributed by atoms with Crippen molar-refractivity contribution in [1.82, 2.24) is 9.97 Å². The van der Waals surface area contributed by atoms with Crippen LogP contribution in [0.4, 0.5) is 5.82 Å². The van der Waals surface area contributed by atoms with E-state index in [9.17, 15) is 0 Å². The molecule has 0 saturated heterocycles. The Kier molecular flexibility index (Phi) is 2.14. The highest BCUT2D eigenvalue weighted by atomic mass is 14.8. The zero-order chi connectivity index (χ0) is 9.97. The maximum absolute atomic E-state index is 5.78. The van der Waals surface area contributed by atoms with Crippen molar-refractivity contribution in [3.05, 3.63) is 42.4 Å². The van der Waals surface area contributed by atoms with Crippen molar-refractivity contribution in [2.45, 2.75) is 6.92 Å². The minimum atomic E-state index is 0.545. The van der Waals surface area contributed by atoms with Crippen molar-refractivity contribution in [1.29, 1.82) is 0 Å². The second-order valence-electron chi connectivity index (χ2n) is 3.13. The summed E-state index contributed by atoms with van der Waals surface area (Å²) in [6.45, 7) is 2.03. The molecule has 0 atom stereocenters. The molecule has 70 valence electrons. The number of nitrogens with zero attached hydrogens (tertiary/aromatic N) is 2. The van der Waals surface area contributed by atoms with E-state index in [0.29, 0.717) is 5.82 Å². The number of pyridine rings is 2. The van der Waals surface area contributed by atoms with E-state index >= 15 is 0 Å².